The zero-order valence-electron chi connectivity index (χ0n) is 11.1. The Bertz CT molecular complexity index is 383. The van der Waals surface area contributed by atoms with Gasteiger partial charge in [0, 0.05) is 41.9 Å². The standard InChI is InChI=1S/C14H21BrN2O/c1-11(2)17-7-5-14(18,6-8-17)9-13-4-3-12(15)10-16-13/h3-4,10-11,18H,5-9H2,1-2H3. The number of likely N-dealkylation sites (tertiary alicyclic amines) is 1. The van der Waals surface area contributed by atoms with Crippen LogP contribution in [0.5, 0.6) is 0 Å². The number of halogens is 1. The first-order valence-corrected chi connectivity index (χ1v) is 7.35. The summed E-state index contributed by atoms with van der Waals surface area (Å²) in [5, 5.41) is 10.6. The minimum absolute atomic E-state index is 0.570. The van der Waals surface area contributed by atoms with Gasteiger partial charge in [0.15, 0.2) is 0 Å². The van der Waals surface area contributed by atoms with Crippen LogP contribution in [0.3, 0.4) is 0 Å². The van der Waals surface area contributed by atoms with Gasteiger partial charge in [-0.1, -0.05) is 0 Å². The second kappa shape index (κ2) is 5.68. The van der Waals surface area contributed by atoms with Gasteiger partial charge in [0.05, 0.1) is 5.60 Å². The molecular weight excluding hydrogens is 292 g/mol. The summed E-state index contributed by atoms with van der Waals surface area (Å²) in [6.45, 7) is 6.37. The molecule has 2 heterocycles. The molecule has 0 amide bonds. The number of hydrogen-bond donors (Lipinski definition) is 1. The van der Waals surface area contributed by atoms with Crippen LogP contribution in [0.2, 0.25) is 0 Å². The molecule has 0 atom stereocenters. The van der Waals surface area contributed by atoms with Crippen molar-refractivity contribution in [3.63, 3.8) is 0 Å². The van der Waals surface area contributed by atoms with E-state index in [1.807, 2.05) is 12.1 Å². The van der Waals surface area contributed by atoms with Gasteiger partial charge in [-0.25, -0.2) is 0 Å². The number of nitrogens with zero attached hydrogens (tertiary/aromatic N) is 2. The van der Waals surface area contributed by atoms with Crippen molar-refractivity contribution in [1.82, 2.24) is 9.88 Å². The third-order valence-corrected chi connectivity index (χ3v) is 4.23. The zero-order chi connectivity index (χ0) is 13.2. The van der Waals surface area contributed by atoms with Crippen LogP contribution in [-0.2, 0) is 6.42 Å². The Balaban J connectivity index is 1.95. The van der Waals surface area contributed by atoms with E-state index < -0.39 is 5.60 Å². The molecule has 0 unspecified atom stereocenters. The Labute approximate surface area is 117 Å². The quantitative estimate of drug-likeness (QED) is 0.932. The van der Waals surface area contributed by atoms with E-state index in [0.29, 0.717) is 12.5 Å². The number of hydrogen-bond acceptors (Lipinski definition) is 3. The van der Waals surface area contributed by atoms with Crippen LogP contribution < -0.4 is 0 Å². The highest BCUT2D eigenvalue weighted by atomic mass is 79.9. The van der Waals surface area contributed by atoms with Gasteiger partial charge in [0.2, 0.25) is 0 Å². The van der Waals surface area contributed by atoms with Crippen LogP contribution in [0.15, 0.2) is 22.8 Å². The monoisotopic (exact) mass is 312 g/mol. The normalized spacial score (nSPS) is 20.3. The molecule has 0 spiro atoms. The molecule has 0 saturated carbocycles. The molecule has 0 aromatic carbocycles. The largest absolute Gasteiger partial charge is 0.389 e. The maximum absolute atomic E-state index is 10.6. The molecule has 1 fully saturated rings. The lowest BCUT2D eigenvalue weighted by Gasteiger charge is -2.39. The van der Waals surface area contributed by atoms with Crippen LogP contribution in [0.4, 0.5) is 0 Å². The summed E-state index contributed by atoms with van der Waals surface area (Å²) in [4.78, 5) is 6.77. The molecule has 1 N–H and O–H groups in total. The summed E-state index contributed by atoms with van der Waals surface area (Å²) in [7, 11) is 0. The first-order valence-electron chi connectivity index (χ1n) is 6.55. The average molecular weight is 313 g/mol. The second-order valence-corrected chi connectivity index (χ2v) is 6.41. The molecule has 0 bridgehead atoms. The second-order valence-electron chi connectivity index (χ2n) is 5.50. The van der Waals surface area contributed by atoms with Crippen LogP contribution in [0, 0.1) is 0 Å². The van der Waals surface area contributed by atoms with Crippen molar-refractivity contribution < 1.29 is 5.11 Å². The molecule has 1 saturated heterocycles. The number of rotatable bonds is 3. The fourth-order valence-electron chi connectivity index (χ4n) is 2.48. The molecule has 100 valence electrons. The fraction of sp³-hybridized carbons (Fsp3) is 0.643. The molecule has 0 radical (unpaired) electrons. The van der Waals surface area contributed by atoms with Crippen molar-refractivity contribution in [2.75, 3.05) is 13.1 Å². The van der Waals surface area contributed by atoms with Crippen LogP contribution in [0.1, 0.15) is 32.4 Å². The molecule has 1 aliphatic rings. The molecule has 0 aliphatic carbocycles. The molecule has 1 aromatic heterocycles. The van der Waals surface area contributed by atoms with Crippen molar-refractivity contribution in [2.45, 2.75) is 44.8 Å². The van der Waals surface area contributed by atoms with E-state index in [1.54, 1.807) is 6.20 Å². The highest BCUT2D eigenvalue weighted by molar-refractivity contribution is 9.10. The van der Waals surface area contributed by atoms with E-state index in [9.17, 15) is 5.11 Å². The lowest BCUT2D eigenvalue weighted by Crippen LogP contribution is -2.47. The zero-order valence-corrected chi connectivity index (χ0v) is 12.7. The Hall–Kier alpha value is -0.450. The SMILES string of the molecule is CC(C)N1CCC(O)(Cc2ccc(Br)cn2)CC1. The Morgan fingerprint density at radius 2 is 2.06 bits per heavy atom. The Morgan fingerprint density at radius 3 is 2.56 bits per heavy atom. The van der Waals surface area contributed by atoms with E-state index in [2.05, 4.69) is 39.7 Å². The first kappa shape index (κ1) is 14.0. The van der Waals surface area contributed by atoms with E-state index in [1.165, 1.54) is 0 Å². The van der Waals surface area contributed by atoms with Crippen molar-refractivity contribution in [3.05, 3.63) is 28.5 Å². The predicted molar refractivity (Wildman–Crippen MR) is 76.5 cm³/mol. The van der Waals surface area contributed by atoms with Crippen LogP contribution in [0.25, 0.3) is 0 Å². The third kappa shape index (κ3) is 3.53. The highest BCUT2D eigenvalue weighted by Gasteiger charge is 2.33. The van der Waals surface area contributed by atoms with Crippen molar-refractivity contribution in [2.24, 2.45) is 0 Å². The van der Waals surface area contributed by atoms with E-state index in [0.717, 1.165) is 36.1 Å². The van der Waals surface area contributed by atoms with Gasteiger partial charge >= 0.3 is 0 Å². The Morgan fingerprint density at radius 1 is 1.39 bits per heavy atom. The van der Waals surface area contributed by atoms with E-state index in [-0.39, 0.29) is 0 Å². The van der Waals surface area contributed by atoms with Gasteiger partial charge < -0.3 is 10.0 Å². The van der Waals surface area contributed by atoms with Gasteiger partial charge in [-0.3, -0.25) is 4.98 Å². The number of piperidine rings is 1. The summed E-state index contributed by atoms with van der Waals surface area (Å²) in [5.74, 6) is 0. The Kier molecular flexibility index (Phi) is 4.41. The summed E-state index contributed by atoms with van der Waals surface area (Å²) in [5.41, 5.74) is 0.394. The summed E-state index contributed by atoms with van der Waals surface area (Å²) >= 11 is 3.38. The molecule has 18 heavy (non-hydrogen) atoms. The van der Waals surface area contributed by atoms with Gasteiger partial charge in [0.1, 0.15) is 0 Å². The topological polar surface area (TPSA) is 36.4 Å². The van der Waals surface area contributed by atoms with Crippen molar-refractivity contribution >= 4 is 15.9 Å². The molecule has 3 nitrogen and oxygen atoms in total. The lowest BCUT2D eigenvalue weighted by atomic mass is 9.86. The smallest absolute Gasteiger partial charge is 0.0727 e. The van der Waals surface area contributed by atoms with Gasteiger partial charge in [-0.2, -0.15) is 0 Å². The maximum atomic E-state index is 10.6. The van der Waals surface area contributed by atoms with Gasteiger partial charge in [0.25, 0.3) is 0 Å². The molecule has 1 aliphatic heterocycles. The van der Waals surface area contributed by atoms with E-state index in [4.69, 9.17) is 0 Å². The van der Waals surface area contributed by atoms with Crippen molar-refractivity contribution in [3.8, 4) is 0 Å². The van der Waals surface area contributed by atoms with Crippen LogP contribution >= 0.6 is 15.9 Å². The van der Waals surface area contributed by atoms with Gasteiger partial charge in [-0.05, 0) is 54.8 Å². The molecule has 2 rings (SSSR count). The summed E-state index contributed by atoms with van der Waals surface area (Å²) < 4.78 is 0.980. The van der Waals surface area contributed by atoms with E-state index >= 15 is 0 Å². The fourth-order valence-corrected chi connectivity index (χ4v) is 2.72. The summed E-state index contributed by atoms with van der Waals surface area (Å²) in [6.07, 6.45) is 4.13. The number of aliphatic hydroxyl groups is 1. The molecule has 1 aromatic rings. The predicted octanol–water partition coefficient (Wildman–Crippen LogP) is 2.62. The summed E-state index contributed by atoms with van der Waals surface area (Å²) in [6, 6.07) is 4.53. The first-order chi connectivity index (χ1) is 8.48. The third-order valence-electron chi connectivity index (χ3n) is 3.76. The van der Waals surface area contributed by atoms with Crippen LogP contribution in [-0.4, -0.2) is 39.7 Å². The van der Waals surface area contributed by atoms with Gasteiger partial charge in [-0.15, -0.1) is 0 Å². The van der Waals surface area contributed by atoms with Crippen molar-refractivity contribution in [1.29, 1.82) is 0 Å². The number of aromatic nitrogens is 1. The molecule has 4 heteroatoms. The average Bonchev–Trinajstić information content (AvgIpc) is 2.32. The molecular formula is C14H21BrN2O. The minimum atomic E-state index is -0.577. The minimum Gasteiger partial charge on any atom is -0.389 e. The number of pyridine rings is 1. The maximum Gasteiger partial charge on any atom is 0.0727 e. The highest BCUT2D eigenvalue weighted by Crippen LogP contribution is 2.27. The lowest BCUT2D eigenvalue weighted by molar-refractivity contribution is -0.0277.